The third-order valence-electron chi connectivity index (χ3n) is 3.25. The van der Waals surface area contributed by atoms with Crippen molar-refractivity contribution in [1.82, 2.24) is 15.1 Å². The summed E-state index contributed by atoms with van der Waals surface area (Å²) in [6.45, 7) is 3.05. The number of nitrogens with one attached hydrogen (secondary N) is 1. The summed E-state index contributed by atoms with van der Waals surface area (Å²) in [5.41, 5.74) is 0. The molecule has 0 aromatic rings. The average molecular weight is 259 g/mol. The van der Waals surface area contributed by atoms with E-state index in [0.717, 1.165) is 0 Å². The molecule has 2 amide bonds. The summed E-state index contributed by atoms with van der Waals surface area (Å²) in [5.74, 6) is -0.966. The molecule has 1 saturated heterocycles. The summed E-state index contributed by atoms with van der Waals surface area (Å²) < 4.78 is 0. The van der Waals surface area contributed by atoms with Gasteiger partial charge in [-0.25, -0.2) is 9.59 Å². The van der Waals surface area contributed by atoms with Gasteiger partial charge in [-0.3, -0.25) is 0 Å². The number of hydrogen-bond acceptors (Lipinski definition) is 4. The molecule has 0 spiro atoms. The molecular weight excluding hydrogens is 238 g/mol. The zero-order valence-corrected chi connectivity index (χ0v) is 11.0. The van der Waals surface area contributed by atoms with Crippen LogP contribution in [0.5, 0.6) is 0 Å². The lowest BCUT2D eigenvalue weighted by Crippen LogP contribution is -2.44. The van der Waals surface area contributed by atoms with Gasteiger partial charge in [-0.15, -0.1) is 0 Å². The van der Waals surface area contributed by atoms with Gasteiger partial charge < -0.3 is 25.3 Å². The summed E-state index contributed by atoms with van der Waals surface area (Å²) in [5, 5.41) is 20.0. The van der Waals surface area contributed by atoms with E-state index in [4.69, 9.17) is 10.2 Å². The van der Waals surface area contributed by atoms with Crippen molar-refractivity contribution in [2.75, 3.05) is 33.7 Å². The Balaban J connectivity index is 2.42. The highest BCUT2D eigenvalue weighted by Gasteiger charge is 2.33. The molecule has 0 bridgehead atoms. The van der Waals surface area contributed by atoms with Crippen molar-refractivity contribution in [3.8, 4) is 0 Å². The van der Waals surface area contributed by atoms with Crippen LogP contribution in [0.25, 0.3) is 0 Å². The molecule has 1 aliphatic rings. The van der Waals surface area contributed by atoms with Crippen molar-refractivity contribution in [2.45, 2.75) is 19.1 Å². The van der Waals surface area contributed by atoms with Gasteiger partial charge in [-0.05, 0) is 20.0 Å². The summed E-state index contributed by atoms with van der Waals surface area (Å²) >= 11 is 0. The van der Waals surface area contributed by atoms with Gasteiger partial charge in [-0.1, -0.05) is 6.92 Å². The van der Waals surface area contributed by atoms with E-state index in [2.05, 4.69) is 17.1 Å². The minimum Gasteiger partial charge on any atom is -0.479 e. The summed E-state index contributed by atoms with van der Waals surface area (Å²) in [4.78, 5) is 25.9. The molecular formula is C11H21N3O4. The number of carboxylic acids is 1. The third kappa shape index (κ3) is 3.58. The number of aliphatic hydroxyl groups excluding tert-OH is 1. The Labute approximate surface area is 106 Å². The number of amides is 2. The summed E-state index contributed by atoms with van der Waals surface area (Å²) in [6, 6.07) is -0.0216. The Morgan fingerprint density at radius 1 is 1.44 bits per heavy atom. The molecule has 3 atom stereocenters. The molecule has 7 nitrogen and oxygen atoms in total. The van der Waals surface area contributed by atoms with Crippen molar-refractivity contribution < 1.29 is 19.8 Å². The standard InChI is InChI=1S/C11H21N3O4/c1-7-5-14(6-8(7)13(2)3)11(18)12-4-9(15)10(16)17/h7-9,15H,4-6H2,1-3H3,(H,12,18)(H,16,17)/t7?,8?,9-/m0/s1. The molecule has 104 valence electrons. The largest absolute Gasteiger partial charge is 0.479 e. The highest BCUT2D eigenvalue weighted by Crippen LogP contribution is 2.19. The first kappa shape index (κ1) is 14.7. The first-order valence-electron chi connectivity index (χ1n) is 5.93. The van der Waals surface area contributed by atoms with Gasteiger partial charge in [0.05, 0.1) is 6.54 Å². The number of likely N-dealkylation sites (tertiary alicyclic amines) is 1. The predicted molar refractivity (Wildman–Crippen MR) is 65.3 cm³/mol. The third-order valence-corrected chi connectivity index (χ3v) is 3.25. The Hall–Kier alpha value is -1.34. The van der Waals surface area contributed by atoms with Crippen LogP contribution >= 0.6 is 0 Å². The van der Waals surface area contributed by atoms with Crippen LogP contribution in [0, 0.1) is 5.92 Å². The number of carbonyl (C=O) groups excluding carboxylic acids is 1. The molecule has 1 fully saturated rings. The van der Waals surface area contributed by atoms with Gasteiger partial charge in [0.1, 0.15) is 0 Å². The molecule has 0 radical (unpaired) electrons. The van der Waals surface area contributed by atoms with Crippen LogP contribution in [0.3, 0.4) is 0 Å². The van der Waals surface area contributed by atoms with Crippen molar-refractivity contribution in [1.29, 1.82) is 0 Å². The Kier molecular flexibility index (Phi) is 4.92. The Bertz CT molecular complexity index is 321. The van der Waals surface area contributed by atoms with Crippen LogP contribution in [-0.4, -0.2) is 77.9 Å². The van der Waals surface area contributed by atoms with Crippen LogP contribution in [0.1, 0.15) is 6.92 Å². The number of carbonyl (C=O) groups is 2. The number of hydrogen-bond donors (Lipinski definition) is 3. The summed E-state index contributed by atoms with van der Waals surface area (Å²) in [6.07, 6.45) is -1.56. The van der Waals surface area contributed by atoms with Crippen molar-refractivity contribution in [3.05, 3.63) is 0 Å². The molecule has 7 heteroatoms. The zero-order valence-electron chi connectivity index (χ0n) is 11.0. The Morgan fingerprint density at radius 3 is 2.50 bits per heavy atom. The fourth-order valence-corrected chi connectivity index (χ4v) is 2.17. The average Bonchev–Trinajstić information content (AvgIpc) is 2.67. The van der Waals surface area contributed by atoms with Crippen LogP contribution in [0.15, 0.2) is 0 Å². The number of nitrogens with zero attached hydrogens (tertiary/aromatic N) is 2. The fraction of sp³-hybridized carbons (Fsp3) is 0.818. The lowest BCUT2D eigenvalue weighted by atomic mass is 10.1. The van der Waals surface area contributed by atoms with E-state index in [1.165, 1.54) is 0 Å². The van der Waals surface area contributed by atoms with Gasteiger partial charge in [0.25, 0.3) is 0 Å². The van der Waals surface area contributed by atoms with Crippen LogP contribution in [0.2, 0.25) is 0 Å². The molecule has 0 saturated carbocycles. The number of urea groups is 1. The minimum absolute atomic E-state index is 0.272. The molecule has 0 aliphatic carbocycles. The van der Waals surface area contributed by atoms with Crippen LogP contribution in [-0.2, 0) is 4.79 Å². The number of aliphatic carboxylic acids is 1. The monoisotopic (exact) mass is 259 g/mol. The lowest BCUT2D eigenvalue weighted by Gasteiger charge is -2.22. The smallest absolute Gasteiger partial charge is 0.334 e. The maximum Gasteiger partial charge on any atom is 0.334 e. The van der Waals surface area contributed by atoms with Gasteiger partial charge in [0.2, 0.25) is 0 Å². The maximum absolute atomic E-state index is 11.8. The number of rotatable bonds is 4. The van der Waals surface area contributed by atoms with E-state index >= 15 is 0 Å². The number of likely N-dealkylation sites (N-methyl/N-ethyl adjacent to an activating group) is 1. The van der Waals surface area contributed by atoms with E-state index in [1.807, 2.05) is 14.1 Å². The van der Waals surface area contributed by atoms with Crippen LogP contribution in [0.4, 0.5) is 4.79 Å². The molecule has 1 heterocycles. The second-order valence-corrected chi connectivity index (χ2v) is 4.95. The van der Waals surface area contributed by atoms with Crippen molar-refractivity contribution >= 4 is 12.0 Å². The molecule has 2 unspecified atom stereocenters. The lowest BCUT2D eigenvalue weighted by molar-refractivity contribution is -0.146. The summed E-state index contributed by atoms with van der Waals surface area (Å²) in [7, 11) is 3.94. The van der Waals surface area contributed by atoms with E-state index in [0.29, 0.717) is 25.0 Å². The highest BCUT2D eigenvalue weighted by molar-refractivity contribution is 5.77. The van der Waals surface area contributed by atoms with E-state index in [1.54, 1.807) is 4.90 Å². The van der Waals surface area contributed by atoms with Crippen LogP contribution < -0.4 is 5.32 Å². The van der Waals surface area contributed by atoms with Gasteiger partial charge in [0, 0.05) is 19.1 Å². The zero-order chi connectivity index (χ0) is 13.9. The molecule has 1 rings (SSSR count). The fourth-order valence-electron chi connectivity index (χ4n) is 2.17. The van der Waals surface area contributed by atoms with Gasteiger partial charge >= 0.3 is 12.0 Å². The predicted octanol–water partition coefficient (Wildman–Crippen LogP) is -0.977. The maximum atomic E-state index is 11.8. The second kappa shape index (κ2) is 6.01. The first-order chi connectivity index (χ1) is 8.32. The second-order valence-electron chi connectivity index (χ2n) is 4.95. The SMILES string of the molecule is CC1CN(C(=O)NC[C@H](O)C(=O)O)CC1N(C)C. The van der Waals surface area contributed by atoms with Gasteiger partial charge in [0.15, 0.2) is 6.10 Å². The normalized spacial score (nSPS) is 25.3. The van der Waals surface area contributed by atoms with Crippen molar-refractivity contribution in [3.63, 3.8) is 0 Å². The minimum atomic E-state index is -1.56. The molecule has 18 heavy (non-hydrogen) atoms. The molecule has 0 aromatic heterocycles. The molecule has 3 N–H and O–H groups in total. The molecule has 0 aromatic carbocycles. The number of aliphatic hydroxyl groups is 1. The topological polar surface area (TPSA) is 93.1 Å². The van der Waals surface area contributed by atoms with E-state index in [-0.39, 0.29) is 12.6 Å². The highest BCUT2D eigenvalue weighted by atomic mass is 16.4. The van der Waals surface area contributed by atoms with E-state index in [9.17, 15) is 9.59 Å². The van der Waals surface area contributed by atoms with Gasteiger partial charge in [-0.2, -0.15) is 0 Å². The first-order valence-corrected chi connectivity index (χ1v) is 5.93. The van der Waals surface area contributed by atoms with E-state index < -0.39 is 12.1 Å². The molecule has 1 aliphatic heterocycles. The number of carboxylic acid groups (broad SMARTS) is 1. The quantitative estimate of drug-likeness (QED) is 0.603. The van der Waals surface area contributed by atoms with Crippen molar-refractivity contribution in [2.24, 2.45) is 5.92 Å². The Morgan fingerprint density at radius 2 is 2.06 bits per heavy atom.